The van der Waals surface area contributed by atoms with Crippen LogP contribution >= 0.6 is 0 Å². The van der Waals surface area contributed by atoms with Crippen LogP contribution in [0.3, 0.4) is 0 Å². The number of fused-ring (bicyclic) bond motifs is 7. The number of nitrogens with zero attached hydrogens (tertiary/aromatic N) is 1. The summed E-state index contributed by atoms with van der Waals surface area (Å²) in [7, 11) is 0. The van der Waals surface area contributed by atoms with E-state index in [4.69, 9.17) is 0 Å². The van der Waals surface area contributed by atoms with E-state index in [2.05, 4.69) is 59.1 Å². The molecule has 1 aromatic carbocycles. The molecule has 0 aromatic heterocycles. The third-order valence-corrected chi connectivity index (χ3v) is 15.1. The van der Waals surface area contributed by atoms with Crippen molar-refractivity contribution in [1.82, 2.24) is 4.90 Å². The van der Waals surface area contributed by atoms with Crippen LogP contribution in [0.5, 0.6) is 0 Å². The van der Waals surface area contributed by atoms with E-state index in [-0.39, 0.29) is 5.41 Å². The average molecular weight is 556 g/mol. The van der Waals surface area contributed by atoms with E-state index < -0.39 is 5.97 Å². The summed E-state index contributed by atoms with van der Waals surface area (Å²) in [6.45, 7) is 22.7. The molecule has 1 aliphatic heterocycles. The summed E-state index contributed by atoms with van der Waals surface area (Å²) in [6, 6.07) is 7.65. The first-order chi connectivity index (χ1) is 19.3. The van der Waals surface area contributed by atoms with Crippen molar-refractivity contribution < 1.29 is 9.90 Å². The van der Waals surface area contributed by atoms with Gasteiger partial charge < -0.3 is 5.11 Å². The van der Waals surface area contributed by atoms with Crippen LogP contribution < -0.4 is 0 Å². The minimum atomic E-state index is -0.849. The second-order valence-electron chi connectivity index (χ2n) is 16.7. The van der Waals surface area contributed by atoms with Crippen LogP contribution in [-0.4, -0.2) is 34.6 Å². The molecule has 6 aliphatic rings. The number of rotatable bonds is 4. The number of allylic oxidation sites excluding steroid dienone is 3. The first kappa shape index (κ1) is 27.9. The van der Waals surface area contributed by atoms with Crippen LogP contribution in [0.2, 0.25) is 0 Å². The third kappa shape index (κ3) is 3.57. The highest BCUT2D eigenvalue weighted by molar-refractivity contribution is 5.88. The summed E-state index contributed by atoms with van der Waals surface area (Å²) in [6.07, 6.45) is 14.7. The summed E-state index contributed by atoms with van der Waals surface area (Å²) in [5.41, 5.74) is 6.05. The fourth-order valence-corrected chi connectivity index (χ4v) is 13.0. The van der Waals surface area contributed by atoms with Gasteiger partial charge in [0.05, 0.1) is 5.56 Å². The van der Waals surface area contributed by atoms with Crippen molar-refractivity contribution in [2.75, 3.05) is 13.1 Å². The van der Waals surface area contributed by atoms with E-state index in [0.717, 1.165) is 24.2 Å². The van der Waals surface area contributed by atoms with Gasteiger partial charge in [-0.1, -0.05) is 65.0 Å². The van der Waals surface area contributed by atoms with Gasteiger partial charge in [0.2, 0.25) is 0 Å². The van der Waals surface area contributed by atoms with Gasteiger partial charge in [0.1, 0.15) is 0 Å². The van der Waals surface area contributed by atoms with Crippen LogP contribution in [0.1, 0.15) is 115 Å². The standard InChI is InChI=1S/C38H53NO2/c1-24(2)27-14-19-38(39-22-23-39)21-20-36(6)29(32(27)38)12-13-31-35(5)17-15-28(25-8-10-26(11-9-25)33(40)41)34(3,4)30(35)16-18-37(31,36)7/h8-11,15,27,29-32H,1,12-14,16-23H2,2-7H3,(H,40,41). The van der Waals surface area contributed by atoms with Crippen molar-refractivity contribution in [2.45, 2.75) is 105 Å². The topological polar surface area (TPSA) is 40.3 Å². The Morgan fingerprint density at radius 3 is 2.22 bits per heavy atom. The summed E-state index contributed by atoms with van der Waals surface area (Å²) in [5.74, 6) is 2.87. The van der Waals surface area contributed by atoms with Crippen LogP contribution in [0.4, 0.5) is 0 Å². The lowest BCUT2D eigenvalue weighted by atomic mass is 9.33. The Morgan fingerprint density at radius 1 is 0.878 bits per heavy atom. The van der Waals surface area contributed by atoms with Gasteiger partial charge in [0.25, 0.3) is 0 Å². The number of hydrogen-bond donors (Lipinski definition) is 1. The molecule has 1 heterocycles. The number of benzene rings is 1. The minimum absolute atomic E-state index is 0.0638. The lowest BCUT2D eigenvalue weighted by molar-refractivity contribution is -0.223. The minimum Gasteiger partial charge on any atom is -0.478 e. The van der Waals surface area contributed by atoms with E-state index >= 15 is 0 Å². The van der Waals surface area contributed by atoms with Gasteiger partial charge in [-0.05, 0) is 139 Å². The average Bonchev–Trinajstić information content (AvgIpc) is 3.69. The van der Waals surface area contributed by atoms with Gasteiger partial charge in [-0.15, -0.1) is 0 Å². The van der Waals surface area contributed by atoms with E-state index in [1.165, 1.54) is 81.2 Å². The van der Waals surface area contributed by atoms with Crippen LogP contribution in [0, 0.1) is 51.2 Å². The molecule has 0 amide bonds. The highest BCUT2D eigenvalue weighted by Gasteiger charge is 2.71. The Labute approximate surface area is 248 Å². The molecule has 9 atom stereocenters. The van der Waals surface area contributed by atoms with Gasteiger partial charge >= 0.3 is 5.97 Å². The second-order valence-corrected chi connectivity index (χ2v) is 16.7. The fourth-order valence-electron chi connectivity index (χ4n) is 13.0. The molecule has 1 N–H and O–H groups in total. The van der Waals surface area contributed by atoms with Crippen molar-refractivity contribution in [1.29, 1.82) is 0 Å². The summed E-state index contributed by atoms with van der Waals surface area (Å²) in [5, 5.41) is 9.43. The first-order valence-corrected chi connectivity index (χ1v) is 16.7. The maximum atomic E-state index is 11.5. The SMILES string of the molecule is C=C(C)C1CCC2(N3CC3)CCC3(C)C(CCC4C5(C)CC=C(c6ccc(C(=O)O)cc6)C(C)(C)C5CCC43C)C12. The predicted octanol–water partition coefficient (Wildman–Crippen LogP) is 9.10. The highest BCUT2D eigenvalue weighted by Crippen LogP contribution is 2.77. The summed E-state index contributed by atoms with van der Waals surface area (Å²) in [4.78, 5) is 14.4. The van der Waals surface area contributed by atoms with E-state index in [0.29, 0.717) is 39.2 Å². The fraction of sp³-hybridized carbons (Fsp3) is 0.711. The van der Waals surface area contributed by atoms with Gasteiger partial charge in [0.15, 0.2) is 0 Å². The number of carboxylic acids is 1. The zero-order valence-electron chi connectivity index (χ0n) is 26.6. The van der Waals surface area contributed by atoms with E-state index in [1.807, 2.05) is 12.1 Å². The molecular weight excluding hydrogens is 502 g/mol. The van der Waals surface area contributed by atoms with Crippen LogP contribution in [-0.2, 0) is 0 Å². The normalized spacial score (nSPS) is 46.4. The molecule has 5 aliphatic carbocycles. The number of aromatic carboxylic acids is 1. The van der Waals surface area contributed by atoms with Crippen molar-refractivity contribution in [2.24, 2.45) is 51.2 Å². The van der Waals surface area contributed by atoms with Crippen LogP contribution in [0.25, 0.3) is 5.57 Å². The first-order valence-electron chi connectivity index (χ1n) is 16.7. The zero-order valence-corrected chi connectivity index (χ0v) is 26.6. The van der Waals surface area contributed by atoms with Gasteiger partial charge in [0, 0.05) is 18.6 Å². The third-order valence-electron chi connectivity index (χ3n) is 15.1. The van der Waals surface area contributed by atoms with E-state index in [9.17, 15) is 9.90 Å². The maximum Gasteiger partial charge on any atom is 0.335 e. The second kappa shape index (κ2) is 8.84. The molecule has 1 aromatic rings. The lowest BCUT2D eigenvalue weighted by Crippen LogP contribution is -2.67. The molecule has 41 heavy (non-hydrogen) atoms. The predicted molar refractivity (Wildman–Crippen MR) is 168 cm³/mol. The van der Waals surface area contributed by atoms with Crippen molar-refractivity contribution in [3.8, 4) is 0 Å². The Morgan fingerprint density at radius 2 is 1.59 bits per heavy atom. The largest absolute Gasteiger partial charge is 0.478 e. The van der Waals surface area contributed by atoms with Crippen molar-refractivity contribution in [3.63, 3.8) is 0 Å². The van der Waals surface area contributed by atoms with Crippen molar-refractivity contribution >= 4 is 11.5 Å². The molecule has 222 valence electrons. The molecule has 0 radical (unpaired) electrons. The molecule has 3 heteroatoms. The zero-order chi connectivity index (χ0) is 29.2. The maximum absolute atomic E-state index is 11.5. The number of carbonyl (C=O) groups is 1. The molecule has 0 bridgehead atoms. The molecule has 5 fully saturated rings. The molecular formula is C38H53NO2. The van der Waals surface area contributed by atoms with Gasteiger partial charge in [-0.25, -0.2) is 4.79 Å². The quantitative estimate of drug-likeness (QED) is 0.297. The highest BCUT2D eigenvalue weighted by atomic mass is 16.4. The number of hydrogen-bond acceptors (Lipinski definition) is 2. The van der Waals surface area contributed by atoms with Gasteiger partial charge in [-0.2, -0.15) is 0 Å². The van der Waals surface area contributed by atoms with E-state index in [1.54, 1.807) is 12.1 Å². The molecule has 9 unspecified atom stereocenters. The Kier molecular flexibility index (Phi) is 6.02. The Bertz CT molecular complexity index is 1300. The summed E-state index contributed by atoms with van der Waals surface area (Å²) >= 11 is 0. The molecule has 0 spiro atoms. The molecule has 1 saturated heterocycles. The van der Waals surface area contributed by atoms with Crippen molar-refractivity contribution in [3.05, 3.63) is 53.6 Å². The Balaban J connectivity index is 1.24. The summed E-state index contributed by atoms with van der Waals surface area (Å²) < 4.78 is 0. The lowest BCUT2D eigenvalue weighted by Gasteiger charge is -2.72. The van der Waals surface area contributed by atoms with Crippen LogP contribution in [0.15, 0.2) is 42.5 Å². The van der Waals surface area contributed by atoms with Gasteiger partial charge in [-0.3, -0.25) is 4.90 Å². The smallest absolute Gasteiger partial charge is 0.335 e. The molecule has 4 saturated carbocycles. The molecule has 7 rings (SSSR count). The monoisotopic (exact) mass is 555 g/mol. The number of carboxylic acid groups (broad SMARTS) is 1. The Hall–Kier alpha value is -1.87. The molecule has 3 nitrogen and oxygen atoms in total.